The van der Waals surface area contributed by atoms with Crippen molar-refractivity contribution in [1.29, 1.82) is 0 Å². The number of amides is 2. The molecule has 0 aliphatic carbocycles. The highest BCUT2D eigenvalue weighted by molar-refractivity contribution is 6.30. The normalized spacial score (nSPS) is 16.4. The largest absolute Gasteiger partial charge is 0.481 e. The Morgan fingerprint density at radius 2 is 1.77 bits per heavy atom. The summed E-state index contributed by atoms with van der Waals surface area (Å²) in [6.45, 7) is 7.43. The summed E-state index contributed by atoms with van der Waals surface area (Å²) in [6.07, 6.45) is -0.566. The van der Waals surface area contributed by atoms with Crippen molar-refractivity contribution < 1.29 is 14.3 Å². The van der Waals surface area contributed by atoms with Gasteiger partial charge in [-0.1, -0.05) is 11.6 Å². The Hall–Kier alpha value is -1.75. The predicted octanol–water partition coefficient (Wildman–Crippen LogP) is 2.11. The van der Waals surface area contributed by atoms with E-state index in [4.69, 9.17) is 16.3 Å². The zero-order chi connectivity index (χ0) is 16.3. The molecule has 1 saturated heterocycles. The summed E-state index contributed by atoms with van der Waals surface area (Å²) < 4.78 is 5.76. The third-order valence-electron chi connectivity index (χ3n) is 3.83. The lowest BCUT2D eigenvalue weighted by molar-refractivity contribution is -0.143. The van der Waals surface area contributed by atoms with Crippen LogP contribution in [0.3, 0.4) is 0 Å². The van der Waals surface area contributed by atoms with Gasteiger partial charge in [-0.25, -0.2) is 0 Å². The maximum absolute atomic E-state index is 12.4. The monoisotopic (exact) mass is 324 g/mol. The molecular weight excluding hydrogens is 304 g/mol. The molecule has 22 heavy (non-hydrogen) atoms. The van der Waals surface area contributed by atoms with Crippen LogP contribution < -0.4 is 4.74 Å². The molecule has 1 unspecified atom stereocenters. The smallest absolute Gasteiger partial charge is 0.263 e. The number of rotatable bonds is 3. The van der Waals surface area contributed by atoms with Crippen LogP contribution in [0, 0.1) is 6.92 Å². The van der Waals surface area contributed by atoms with Crippen LogP contribution in [0.15, 0.2) is 18.2 Å². The van der Waals surface area contributed by atoms with Crippen LogP contribution in [0.25, 0.3) is 0 Å². The minimum absolute atomic E-state index is 0.0492. The second-order valence-corrected chi connectivity index (χ2v) is 5.94. The Morgan fingerprint density at radius 1 is 1.18 bits per heavy atom. The lowest BCUT2D eigenvalue weighted by Crippen LogP contribution is -2.52. The summed E-state index contributed by atoms with van der Waals surface area (Å²) in [5, 5.41) is 0.643. The quantitative estimate of drug-likeness (QED) is 0.855. The van der Waals surface area contributed by atoms with Crippen LogP contribution in [0.2, 0.25) is 5.02 Å². The van der Waals surface area contributed by atoms with Gasteiger partial charge < -0.3 is 14.5 Å². The Morgan fingerprint density at radius 3 is 2.32 bits per heavy atom. The fourth-order valence-corrected chi connectivity index (χ4v) is 2.71. The van der Waals surface area contributed by atoms with E-state index in [-0.39, 0.29) is 11.8 Å². The van der Waals surface area contributed by atoms with Crippen LogP contribution in [-0.2, 0) is 9.59 Å². The zero-order valence-corrected chi connectivity index (χ0v) is 13.9. The van der Waals surface area contributed by atoms with Crippen LogP contribution in [0.1, 0.15) is 19.4 Å². The summed E-state index contributed by atoms with van der Waals surface area (Å²) in [6, 6.07) is 5.32. The van der Waals surface area contributed by atoms with E-state index in [0.29, 0.717) is 37.0 Å². The molecule has 6 heteroatoms. The summed E-state index contributed by atoms with van der Waals surface area (Å²) in [5.41, 5.74) is 0.897. The second kappa shape index (κ2) is 7.01. The molecule has 1 atom stereocenters. The fourth-order valence-electron chi connectivity index (χ4n) is 2.48. The van der Waals surface area contributed by atoms with Crippen molar-refractivity contribution in [2.75, 3.05) is 26.2 Å². The highest BCUT2D eigenvalue weighted by atomic mass is 35.5. The number of halogens is 1. The van der Waals surface area contributed by atoms with Gasteiger partial charge in [0.2, 0.25) is 5.91 Å². The molecule has 1 aliphatic rings. The average Bonchev–Trinajstić information content (AvgIpc) is 2.49. The summed E-state index contributed by atoms with van der Waals surface area (Å²) >= 11 is 5.91. The third kappa shape index (κ3) is 3.91. The van der Waals surface area contributed by atoms with Gasteiger partial charge in [0.1, 0.15) is 5.75 Å². The van der Waals surface area contributed by atoms with Crippen LogP contribution in [0.5, 0.6) is 5.75 Å². The standard InChI is InChI=1S/C16H21ClN2O3/c1-11-10-14(17)4-5-15(11)22-12(2)16(21)19-8-6-18(7-9-19)13(3)20/h4-5,10,12H,6-9H2,1-3H3. The van der Waals surface area contributed by atoms with Crippen molar-refractivity contribution in [3.8, 4) is 5.75 Å². The maximum Gasteiger partial charge on any atom is 0.263 e. The molecule has 0 spiro atoms. The Labute approximate surface area is 135 Å². The molecule has 1 fully saturated rings. The molecule has 0 radical (unpaired) electrons. The lowest BCUT2D eigenvalue weighted by Gasteiger charge is -2.35. The Kier molecular flexibility index (Phi) is 5.29. The first-order chi connectivity index (χ1) is 10.4. The van der Waals surface area contributed by atoms with Gasteiger partial charge in [0.15, 0.2) is 6.10 Å². The molecule has 120 valence electrons. The van der Waals surface area contributed by atoms with Gasteiger partial charge in [-0.05, 0) is 37.6 Å². The van der Waals surface area contributed by atoms with Gasteiger partial charge in [0.25, 0.3) is 5.91 Å². The number of nitrogens with zero attached hydrogens (tertiary/aromatic N) is 2. The summed E-state index contributed by atoms with van der Waals surface area (Å²) in [4.78, 5) is 27.2. The van der Waals surface area contributed by atoms with Gasteiger partial charge in [-0.2, -0.15) is 0 Å². The number of ether oxygens (including phenoxy) is 1. The molecule has 1 aromatic carbocycles. The summed E-state index contributed by atoms with van der Waals surface area (Å²) in [7, 11) is 0. The van der Waals surface area contributed by atoms with Crippen molar-refractivity contribution in [2.24, 2.45) is 0 Å². The number of carbonyl (C=O) groups is 2. The van der Waals surface area contributed by atoms with Gasteiger partial charge in [0, 0.05) is 38.1 Å². The van der Waals surface area contributed by atoms with E-state index in [1.807, 2.05) is 6.92 Å². The number of piperazine rings is 1. The van der Waals surface area contributed by atoms with E-state index in [1.54, 1.807) is 41.8 Å². The number of carbonyl (C=O) groups excluding carboxylic acids is 2. The molecule has 1 aliphatic heterocycles. The van der Waals surface area contributed by atoms with Gasteiger partial charge in [-0.3, -0.25) is 9.59 Å². The first-order valence-electron chi connectivity index (χ1n) is 7.35. The SMILES string of the molecule is CC(=O)N1CCN(C(=O)C(C)Oc2ccc(Cl)cc2C)CC1. The van der Waals surface area contributed by atoms with E-state index in [9.17, 15) is 9.59 Å². The molecule has 2 rings (SSSR count). The van der Waals surface area contributed by atoms with Crippen molar-refractivity contribution >= 4 is 23.4 Å². The van der Waals surface area contributed by atoms with E-state index < -0.39 is 6.10 Å². The molecule has 0 bridgehead atoms. The van der Waals surface area contributed by atoms with Gasteiger partial charge >= 0.3 is 0 Å². The van der Waals surface area contributed by atoms with Gasteiger partial charge in [-0.15, -0.1) is 0 Å². The highest BCUT2D eigenvalue weighted by Crippen LogP contribution is 2.23. The predicted molar refractivity (Wildman–Crippen MR) is 85.1 cm³/mol. The fraction of sp³-hybridized carbons (Fsp3) is 0.500. The molecule has 2 amide bonds. The topological polar surface area (TPSA) is 49.9 Å². The number of aryl methyl sites for hydroxylation is 1. The maximum atomic E-state index is 12.4. The van der Waals surface area contributed by atoms with E-state index >= 15 is 0 Å². The number of hydrogen-bond acceptors (Lipinski definition) is 3. The van der Waals surface area contributed by atoms with Crippen molar-refractivity contribution in [3.63, 3.8) is 0 Å². The highest BCUT2D eigenvalue weighted by Gasteiger charge is 2.27. The Bertz CT molecular complexity index is 569. The second-order valence-electron chi connectivity index (χ2n) is 5.50. The number of benzene rings is 1. The molecule has 1 heterocycles. The third-order valence-corrected chi connectivity index (χ3v) is 4.06. The molecule has 5 nitrogen and oxygen atoms in total. The van der Waals surface area contributed by atoms with Gasteiger partial charge in [0.05, 0.1) is 0 Å². The zero-order valence-electron chi connectivity index (χ0n) is 13.1. The average molecular weight is 325 g/mol. The summed E-state index contributed by atoms with van der Waals surface area (Å²) in [5.74, 6) is 0.651. The van der Waals surface area contributed by atoms with Crippen molar-refractivity contribution in [2.45, 2.75) is 26.9 Å². The van der Waals surface area contributed by atoms with Crippen LogP contribution >= 0.6 is 11.6 Å². The van der Waals surface area contributed by atoms with E-state index in [2.05, 4.69) is 0 Å². The van der Waals surface area contributed by atoms with Crippen molar-refractivity contribution in [1.82, 2.24) is 9.80 Å². The van der Waals surface area contributed by atoms with Crippen molar-refractivity contribution in [3.05, 3.63) is 28.8 Å². The van der Waals surface area contributed by atoms with Crippen LogP contribution in [-0.4, -0.2) is 53.9 Å². The first kappa shape index (κ1) is 16.6. The minimum Gasteiger partial charge on any atom is -0.481 e. The lowest BCUT2D eigenvalue weighted by atomic mass is 10.2. The molecular formula is C16H21ClN2O3. The molecule has 0 aromatic heterocycles. The minimum atomic E-state index is -0.566. The van der Waals surface area contributed by atoms with E-state index in [0.717, 1.165) is 5.56 Å². The molecule has 0 saturated carbocycles. The van der Waals surface area contributed by atoms with E-state index in [1.165, 1.54) is 0 Å². The molecule has 0 N–H and O–H groups in total. The Balaban J connectivity index is 1.94. The number of hydrogen-bond donors (Lipinski definition) is 0. The molecule has 1 aromatic rings. The first-order valence-corrected chi connectivity index (χ1v) is 7.73. The van der Waals surface area contributed by atoms with Crippen LogP contribution in [0.4, 0.5) is 0 Å².